The van der Waals surface area contributed by atoms with Gasteiger partial charge in [0.2, 0.25) is 0 Å². The van der Waals surface area contributed by atoms with Gasteiger partial charge in [-0.25, -0.2) is 19.6 Å². The summed E-state index contributed by atoms with van der Waals surface area (Å²) in [7, 11) is 0. The molecule has 0 saturated heterocycles. The SMILES string of the molecule is CCCCC(CC)COC(=O)c1cccc(/N=N/c2c(C(C)C)nn(-c3cc(-n4nc(C(C)C)c(/N=N/c5cccc(C(=O)OCC(CC)CCCC)c5)c4N)ncn3)c2N)c1. The molecule has 0 spiro atoms. The van der Waals surface area contributed by atoms with Crippen LogP contribution < -0.4 is 11.5 Å². The number of nitrogens with zero attached hydrogens (tertiary/aromatic N) is 10. The van der Waals surface area contributed by atoms with Crippen LogP contribution in [-0.4, -0.2) is 54.7 Å². The molecule has 0 aliphatic rings. The van der Waals surface area contributed by atoms with E-state index < -0.39 is 11.9 Å². The van der Waals surface area contributed by atoms with Gasteiger partial charge >= 0.3 is 11.9 Å². The lowest BCUT2D eigenvalue weighted by atomic mass is 10.0. The Hall–Kier alpha value is -6.32. The number of nitrogen functional groups attached to an aromatic ring is 2. The number of nitrogens with two attached hydrogens (primary N) is 2. The number of hydrogen-bond donors (Lipinski definition) is 2. The Labute approximate surface area is 364 Å². The summed E-state index contributed by atoms with van der Waals surface area (Å²) in [5.74, 6) is 0.799. The summed E-state index contributed by atoms with van der Waals surface area (Å²) in [6.07, 6.45) is 9.74. The minimum atomic E-state index is -0.401. The number of unbranched alkanes of at least 4 members (excludes halogenated alkanes) is 2. The first-order valence-corrected chi connectivity index (χ1v) is 21.9. The fourth-order valence-electron chi connectivity index (χ4n) is 6.74. The predicted molar refractivity (Wildman–Crippen MR) is 242 cm³/mol. The van der Waals surface area contributed by atoms with Crippen LogP contribution in [0, 0.1) is 11.8 Å². The van der Waals surface area contributed by atoms with Crippen LogP contribution in [0.1, 0.15) is 151 Å². The number of esters is 2. The molecule has 0 amide bonds. The Bertz CT molecular complexity index is 2170. The lowest BCUT2D eigenvalue weighted by Gasteiger charge is -2.14. The van der Waals surface area contributed by atoms with Gasteiger partial charge < -0.3 is 20.9 Å². The van der Waals surface area contributed by atoms with E-state index >= 15 is 0 Å². The van der Waals surface area contributed by atoms with E-state index in [-0.39, 0.29) is 23.5 Å². The molecule has 62 heavy (non-hydrogen) atoms. The number of carbonyl (C=O) groups excluding carboxylic acids is 2. The lowest BCUT2D eigenvalue weighted by molar-refractivity contribution is 0.0419. The Kier molecular flexibility index (Phi) is 17.0. The van der Waals surface area contributed by atoms with Crippen molar-refractivity contribution in [2.45, 2.75) is 119 Å². The number of ether oxygens (including phenoxy) is 2. The first-order chi connectivity index (χ1) is 29.9. The molecule has 3 heterocycles. The van der Waals surface area contributed by atoms with Crippen LogP contribution in [0.25, 0.3) is 11.6 Å². The van der Waals surface area contributed by atoms with Crippen molar-refractivity contribution in [2.24, 2.45) is 32.3 Å². The summed E-state index contributed by atoms with van der Waals surface area (Å²) in [5.41, 5.74) is 17.0. The molecule has 2 atom stereocenters. The summed E-state index contributed by atoms with van der Waals surface area (Å²) in [6, 6.07) is 15.3. The molecule has 5 aromatic rings. The van der Waals surface area contributed by atoms with Crippen molar-refractivity contribution in [1.82, 2.24) is 29.5 Å². The Morgan fingerprint density at radius 3 is 1.42 bits per heavy atom. The number of aromatic nitrogens is 6. The van der Waals surface area contributed by atoms with Gasteiger partial charge in [0.05, 0.1) is 47.1 Å². The molecular weight excluding hydrogens is 785 g/mol. The van der Waals surface area contributed by atoms with Crippen molar-refractivity contribution in [3.8, 4) is 11.6 Å². The molecule has 3 aromatic heterocycles. The van der Waals surface area contributed by atoms with Crippen LogP contribution in [0.15, 0.2) is 81.4 Å². The van der Waals surface area contributed by atoms with E-state index in [9.17, 15) is 9.59 Å². The number of benzene rings is 2. The van der Waals surface area contributed by atoms with Crippen molar-refractivity contribution < 1.29 is 19.1 Å². The van der Waals surface area contributed by atoms with Gasteiger partial charge in [-0.3, -0.25) is 0 Å². The normalized spacial score (nSPS) is 12.8. The fourth-order valence-corrected chi connectivity index (χ4v) is 6.74. The molecule has 0 radical (unpaired) electrons. The number of hydrogen-bond acceptors (Lipinski definition) is 14. The quantitative estimate of drug-likeness (QED) is 0.0496. The van der Waals surface area contributed by atoms with Crippen molar-refractivity contribution >= 4 is 46.3 Å². The van der Waals surface area contributed by atoms with Crippen LogP contribution in [0.5, 0.6) is 0 Å². The zero-order chi connectivity index (χ0) is 44.8. The number of carbonyl (C=O) groups is 2. The van der Waals surface area contributed by atoms with Gasteiger partial charge in [-0.1, -0.05) is 106 Å². The third-order valence-electron chi connectivity index (χ3n) is 10.7. The summed E-state index contributed by atoms with van der Waals surface area (Å²) in [5, 5.41) is 27.5. The maximum Gasteiger partial charge on any atom is 0.338 e. The standard InChI is InChI=1S/C46H62N12O4/c1-9-13-17-31(11-3)26-61-45(59)33-19-15-21-35(23-33)51-53-41-39(29(5)6)55-57(43(41)47)37-25-38(50-28-49-37)58-44(48)42(40(56-58)30(7)8)54-52-36-22-16-20-34(24-36)46(60)62-27-32(12-4)18-14-10-2/h15-16,19-25,28-32H,9-14,17-18,26-27,47-48H2,1-8H3/b53-51+,54-52+. The van der Waals surface area contributed by atoms with Gasteiger partial charge in [0.25, 0.3) is 0 Å². The van der Waals surface area contributed by atoms with Crippen molar-refractivity contribution in [3.63, 3.8) is 0 Å². The summed E-state index contributed by atoms with van der Waals surface area (Å²) >= 11 is 0. The van der Waals surface area contributed by atoms with E-state index in [4.69, 9.17) is 31.1 Å². The molecule has 16 nitrogen and oxygen atoms in total. The topological polar surface area (TPSA) is 216 Å². The molecule has 0 aliphatic carbocycles. The second-order valence-electron chi connectivity index (χ2n) is 16.1. The highest BCUT2D eigenvalue weighted by Crippen LogP contribution is 2.37. The molecule has 2 aromatic carbocycles. The minimum Gasteiger partial charge on any atom is -0.462 e. The second-order valence-corrected chi connectivity index (χ2v) is 16.1. The monoisotopic (exact) mass is 847 g/mol. The molecule has 16 heteroatoms. The predicted octanol–water partition coefficient (Wildman–Crippen LogP) is 11.8. The molecule has 5 rings (SSSR count). The van der Waals surface area contributed by atoms with Gasteiger partial charge in [0, 0.05) is 6.07 Å². The highest BCUT2D eigenvalue weighted by Gasteiger charge is 2.24. The molecule has 4 N–H and O–H groups in total. The molecule has 330 valence electrons. The van der Waals surface area contributed by atoms with Gasteiger partial charge in [-0.05, 0) is 72.9 Å². The third kappa shape index (κ3) is 11.9. The Balaban J connectivity index is 1.37. The maximum absolute atomic E-state index is 12.9. The second kappa shape index (κ2) is 22.5. The van der Waals surface area contributed by atoms with Crippen LogP contribution in [-0.2, 0) is 9.47 Å². The van der Waals surface area contributed by atoms with Crippen LogP contribution >= 0.6 is 0 Å². The molecule has 0 saturated carbocycles. The number of rotatable bonds is 22. The fraction of sp³-hybridized carbons (Fsp3) is 0.478. The van der Waals surface area contributed by atoms with Crippen LogP contribution in [0.4, 0.5) is 34.4 Å². The molecule has 0 aliphatic heterocycles. The first kappa shape index (κ1) is 46.7. The van der Waals surface area contributed by atoms with Crippen molar-refractivity contribution in [2.75, 3.05) is 24.7 Å². The van der Waals surface area contributed by atoms with Gasteiger partial charge in [0.15, 0.2) is 34.6 Å². The molecular formula is C46H62N12O4. The first-order valence-electron chi connectivity index (χ1n) is 21.9. The summed E-state index contributed by atoms with van der Waals surface area (Å²) in [6.45, 7) is 17.2. The van der Waals surface area contributed by atoms with E-state index in [1.807, 2.05) is 27.7 Å². The van der Waals surface area contributed by atoms with E-state index in [2.05, 4.69) is 58.1 Å². The molecule has 0 fully saturated rings. The zero-order valence-electron chi connectivity index (χ0n) is 37.4. The minimum absolute atomic E-state index is 0.0760. The summed E-state index contributed by atoms with van der Waals surface area (Å²) in [4.78, 5) is 34.8. The zero-order valence-corrected chi connectivity index (χ0v) is 37.4. The Morgan fingerprint density at radius 1 is 0.629 bits per heavy atom. The average molecular weight is 847 g/mol. The van der Waals surface area contributed by atoms with Crippen LogP contribution in [0.2, 0.25) is 0 Å². The van der Waals surface area contributed by atoms with E-state index in [1.165, 1.54) is 15.7 Å². The third-order valence-corrected chi connectivity index (χ3v) is 10.7. The smallest absolute Gasteiger partial charge is 0.338 e. The van der Waals surface area contributed by atoms with Gasteiger partial charge in [-0.15, -0.1) is 10.2 Å². The van der Waals surface area contributed by atoms with Crippen molar-refractivity contribution in [3.05, 3.63) is 83.4 Å². The van der Waals surface area contributed by atoms with E-state index in [0.717, 1.165) is 51.4 Å². The van der Waals surface area contributed by atoms with Gasteiger partial charge in [-0.2, -0.15) is 29.8 Å². The highest BCUT2D eigenvalue weighted by atomic mass is 16.5. The van der Waals surface area contributed by atoms with Crippen LogP contribution in [0.3, 0.4) is 0 Å². The lowest BCUT2D eigenvalue weighted by Crippen LogP contribution is -2.14. The maximum atomic E-state index is 12.9. The van der Waals surface area contributed by atoms with E-state index in [0.29, 0.717) is 81.9 Å². The average Bonchev–Trinajstić information content (AvgIpc) is 3.80. The number of azo groups is 2. The number of anilines is 2. The molecule has 0 bridgehead atoms. The van der Waals surface area contributed by atoms with E-state index in [1.54, 1.807) is 54.6 Å². The Morgan fingerprint density at radius 2 is 1.05 bits per heavy atom. The largest absolute Gasteiger partial charge is 0.462 e. The molecule has 2 unspecified atom stereocenters. The van der Waals surface area contributed by atoms with Crippen molar-refractivity contribution in [1.29, 1.82) is 0 Å². The van der Waals surface area contributed by atoms with Gasteiger partial charge in [0.1, 0.15) is 6.33 Å². The summed E-state index contributed by atoms with van der Waals surface area (Å²) < 4.78 is 14.3. The highest BCUT2D eigenvalue weighted by molar-refractivity contribution is 5.91.